The molecule has 8 heteroatoms. The van der Waals surface area contributed by atoms with Crippen molar-refractivity contribution < 1.29 is 118 Å². The number of carbonyl (C=O) groups is 1. The standard InChI is InChI=1S/C21H23O3P.C15H26O.3Y/c1-16-20(22)14-17(15-21(16)23)12-13-25(24,18-8-4-2-5-9-18)19-10-6-3-7-11-19;1-4-6-11(2)12-8-9-13-14(16)7-5-10-15(12,13)3;;;/h2-12,20-23H,1,13-15H2;11-13H,4-10H2,1-3H3;;;/t20-,21-;11-,12?,13-,15+;;;/m10.../s1. The Morgan fingerprint density at radius 3 is 1.98 bits per heavy atom. The van der Waals surface area contributed by atoms with Gasteiger partial charge in [0.1, 0.15) is 12.9 Å². The van der Waals surface area contributed by atoms with Crippen molar-refractivity contribution in [2.45, 2.75) is 90.8 Å². The van der Waals surface area contributed by atoms with Gasteiger partial charge in [-0.1, -0.05) is 113 Å². The fourth-order valence-electron chi connectivity index (χ4n) is 7.75. The first kappa shape index (κ1) is 43.1. The fourth-order valence-corrected chi connectivity index (χ4v) is 10.3. The summed E-state index contributed by atoms with van der Waals surface area (Å²) in [5.41, 5.74) is 1.75. The number of hydrogen-bond acceptors (Lipinski definition) is 4. The van der Waals surface area contributed by atoms with Gasteiger partial charge in [-0.3, -0.25) is 4.79 Å². The van der Waals surface area contributed by atoms with Crippen LogP contribution in [0.15, 0.2) is 84.5 Å². The summed E-state index contributed by atoms with van der Waals surface area (Å²) in [5, 5.41) is 21.7. The number of allylic oxidation sites excluding steroid dienone is 1. The molecule has 1 unspecified atom stereocenters. The zero-order chi connectivity index (χ0) is 29.6. The number of ketones is 1. The van der Waals surface area contributed by atoms with Gasteiger partial charge < -0.3 is 14.8 Å². The van der Waals surface area contributed by atoms with Crippen LogP contribution in [0.25, 0.3) is 0 Å². The zero-order valence-corrected chi connectivity index (χ0v) is 36.3. The molecule has 2 aromatic rings. The molecule has 44 heavy (non-hydrogen) atoms. The Kier molecular flexibility index (Phi) is 19.5. The summed E-state index contributed by atoms with van der Waals surface area (Å²) in [4.78, 5) is 12.0. The largest absolute Gasteiger partial charge is 0.388 e. The normalized spacial score (nSPS) is 26.9. The molecule has 0 aliphatic heterocycles. The molecule has 0 bridgehead atoms. The number of aliphatic hydroxyl groups excluding tert-OH is 2. The number of rotatable bonds is 7. The number of aliphatic hydroxyl groups is 2. The van der Waals surface area contributed by atoms with E-state index in [0.717, 1.165) is 40.9 Å². The van der Waals surface area contributed by atoms with Gasteiger partial charge in [-0.2, -0.15) is 0 Å². The molecule has 2 aromatic carbocycles. The van der Waals surface area contributed by atoms with E-state index in [1.54, 1.807) is 0 Å². The number of hydrogen-bond donors (Lipinski definition) is 2. The van der Waals surface area contributed by atoms with Crippen LogP contribution in [0.2, 0.25) is 0 Å². The number of benzene rings is 2. The van der Waals surface area contributed by atoms with Crippen molar-refractivity contribution in [1.29, 1.82) is 0 Å². The van der Waals surface area contributed by atoms with Gasteiger partial charge in [-0.05, 0) is 61.3 Å². The molecule has 3 saturated carbocycles. The Hall–Kier alpha value is 1.05. The molecule has 2 N–H and O–H groups in total. The van der Waals surface area contributed by atoms with Gasteiger partial charge in [-0.25, -0.2) is 0 Å². The van der Waals surface area contributed by atoms with Crippen LogP contribution >= 0.6 is 7.14 Å². The molecule has 0 amide bonds. The molecule has 3 aliphatic carbocycles. The number of carbonyl (C=O) groups excluding carboxylic acids is 1. The summed E-state index contributed by atoms with van der Waals surface area (Å²) in [6.07, 6.45) is 10.1. The second-order valence-electron chi connectivity index (χ2n) is 12.8. The van der Waals surface area contributed by atoms with Crippen molar-refractivity contribution in [3.8, 4) is 0 Å². The van der Waals surface area contributed by atoms with E-state index in [4.69, 9.17) is 0 Å². The molecular formula is C36H49O4PY3. The van der Waals surface area contributed by atoms with E-state index in [0.29, 0.717) is 41.7 Å². The summed E-state index contributed by atoms with van der Waals surface area (Å²) in [6.45, 7) is 10.8. The van der Waals surface area contributed by atoms with E-state index >= 15 is 0 Å². The van der Waals surface area contributed by atoms with Crippen LogP contribution in [0.5, 0.6) is 0 Å². The van der Waals surface area contributed by atoms with Crippen molar-refractivity contribution >= 4 is 23.5 Å². The Labute approximate surface area is 341 Å². The maximum absolute atomic E-state index is 13.9. The molecular weight excluding hydrogens is 794 g/mol. The zero-order valence-electron chi connectivity index (χ0n) is 26.9. The van der Waals surface area contributed by atoms with Gasteiger partial charge in [0, 0.05) is 127 Å². The van der Waals surface area contributed by atoms with Gasteiger partial charge in [0.05, 0.1) is 12.2 Å². The molecule has 3 aliphatic rings. The molecule has 0 saturated heterocycles. The summed E-state index contributed by atoms with van der Waals surface area (Å²) in [5.74, 6) is 2.60. The van der Waals surface area contributed by atoms with Crippen molar-refractivity contribution in [2.24, 2.45) is 23.2 Å². The summed E-state index contributed by atoms with van der Waals surface area (Å²) < 4.78 is 13.9. The third-order valence-electron chi connectivity index (χ3n) is 10.1. The molecule has 3 radical (unpaired) electrons. The molecule has 0 heterocycles. The SMILES string of the molecule is C=C1[C@H](O)CC(=CCP(=O)(c2ccccc2)c2ccccc2)C[C@H]1O.CCC[C@H](C)C1CC[C@H]2C(=O)CCC[C@]12C.[Y].[Y].[Y]. The minimum Gasteiger partial charge on any atom is -0.388 e. The summed E-state index contributed by atoms with van der Waals surface area (Å²) >= 11 is 0. The molecule has 6 atom stereocenters. The van der Waals surface area contributed by atoms with Gasteiger partial charge >= 0.3 is 0 Å². The summed E-state index contributed by atoms with van der Waals surface area (Å²) in [7, 11) is -2.81. The van der Waals surface area contributed by atoms with Crippen molar-refractivity contribution in [1.82, 2.24) is 0 Å². The van der Waals surface area contributed by atoms with Crippen LogP contribution in [0.3, 0.4) is 0 Å². The third-order valence-corrected chi connectivity index (χ3v) is 13.1. The number of Topliss-reactive ketones (excluding diaryl/α,β-unsaturated/α-hetero) is 1. The molecule has 5 rings (SSSR count). The quantitative estimate of drug-likeness (QED) is 0.229. The van der Waals surface area contributed by atoms with E-state index in [2.05, 4.69) is 27.4 Å². The predicted octanol–water partition coefficient (Wildman–Crippen LogP) is 7.20. The first-order valence-electron chi connectivity index (χ1n) is 15.6. The number of fused-ring (bicyclic) bond motifs is 1. The summed E-state index contributed by atoms with van der Waals surface area (Å²) in [6, 6.07) is 19.0. The minimum atomic E-state index is -2.81. The van der Waals surface area contributed by atoms with Gasteiger partial charge in [0.15, 0.2) is 0 Å². The Morgan fingerprint density at radius 2 is 1.48 bits per heavy atom. The molecule has 231 valence electrons. The van der Waals surface area contributed by atoms with E-state index in [1.165, 1.54) is 32.1 Å². The van der Waals surface area contributed by atoms with Gasteiger partial charge in [-0.15, -0.1) is 0 Å². The van der Waals surface area contributed by atoms with E-state index in [9.17, 15) is 19.6 Å². The Bertz CT molecular complexity index is 1210. The third kappa shape index (κ3) is 10.3. The van der Waals surface area contributed by atoms with E-state index in [1.807, 2.05) is 66.7 Å². The van der Waals surface area contributed by atoms with Crippen molar-refractivity contribution in [2.75, 3.05) is 6.16 Å². The van der Waals surface area contributed by atoms with Crippen LogP contribution in [0.4, 0.5) is 0 Å². The maximum Gasteiger partial charge on any atom is 0.146 e. The molecule has 4 nitrogen and oxygen atoms in total. The monoisotopic (exact) mass is 843 g/mol. The van der Waals surface area contributed by atoms with Gasteiger partial charge in [0.25, 0.3) is 0 Å². The minimum absolute atomic E-state index is 0. The van der Waals surface area contributed by atoms with Crippen LogP contribution in [0, 0.1) is 23.2 Å². The topological polar surface area (TPSA) is 74.6 Å². The van der Waals surface area contributed by atoms with Crippen LogP contribution in [-0.4, -0.2) is 34.4 Å². The van der Waals surface area contributed by atoms with Gasteiger partial charge in [0.2, 0.25) is 0 Å². The first-order chi connectivity index (χ1) is 19.6. The van der Waals surface area contributed by atoms with Crippen LogP contribution < -0.4 is 10.6 Å². The van der Waals surface area contributed by atoms with E-state index < -0.39 is 19.3 Å². The average Bonchev–Trinajstić information content (AvgIpc) is 3.34. The second kappa shape index (κ2) is 19.9. The Morgan fingerprint density at radius 1 is 0.955 bits per heavy atom. The van der Waals surface area contributed by atoms with Crippen molar-refractivity contribution in [3.63, 3.8) is 0 Å². The second-order valence-corrected chi connectivity index (χ2v) is 15.7. The predicted molar refractivity (Wildman–Crippen MR) is 170 cm³/mol. The molecule has 3 fully saturated rings. The smallest absolute Gasteiger partial charge is 0.146 e. The fraction of sp³-hybridized carbons (Fsp3) is 0.528. The maximum atomic E-state index is 13.9. The Balaban J connectivity index is 0.000000446. The molecule has 0 aromatic heterocycles. The van der Waals surface area contributed by atoms with Crippen LogP contribution in [0.1, 0.15) is 78.6 Å². The van der Waals surface area contributed by atoms with E-state index in [-0.39, 0.29) is 98.1 Å². The average molecular weight is 843 g/mol. The molecule has 0 spiro atoms. The van der Waals surface area contributed by atoms with Crippen molar-refractivity contribution in [3.05, 3.63) is 84.5 Å². The van der Waals surface area contributed by atoms with Crippen LogP contribution in [-0.2, 0) is 107 Å². The first-order valence-corrected chi connectivity index (χ1v) is 17.4.